The molecule has 1 aromatic carbocycles. The number of furan rings is 1. The predicted octanol–water partition coefficient (Wildman–Crippen LogP) is 2.27. The fourth-order valence-electron chi connectivity index (χ4n) is 2.21. The molecule has 1 aliphatic carbocycles. The van der Waals surface area contributed by atoms with E-state index in [4.69, 9.17) is 9.52 Å². The molecule has 0 saturated heterocycles. The number of carboxylic acid groups (broad SMARTS) is 1. The Morgan fingerprint density at radius 1 is 1.35 bits per heavy atom. The van der Waals surface area contributed by atoms with Crippen LogP contribution in [0.1, 0.15) is 31.4 Å². The molecule has 1 amide bonds. The van der Waals surface area contributed by atoms with Gasteiger partial charge in [-0.1, -0.05) is 18.2 Å². The number of nitrogens with one attached hydrogen (secondary N) is 1. The predicted molar refractivity (Wildman–Crippen MR) is 72.4 cm³/mol. The summed E-state index contributed by atoms with van der Waals surface area (Å²) < 4.78 is 5.64. The van der Waals surface area contributed by atoms with E-state index >= 15 is 0 Å². The van der Waals surface area contributed by atoms with Gasteiger partial charge in [-0.05, 0) is 31.9 Å². The molecule has 2 N–H and O–H groups in total. The lowest BCUT2D eigenvalue weighted by molar-refractivity contribution is -0.143. The molecule has 0 aliphatic heterocycles. The van der Waals surface area contributed by atoms with Crippen LogP contribution in [0.25, 0.3) is 11.0 Å². The SMILES string of the molecule is CC(C(=O)NC1(C(=O)O)CC1)c1cc2ccccc2o1. The van der Waals surface area contributed by atoms with E-state index in [1.807, 2.05) is 30.3 Å². The number of fused-ring (bicyclic) bond motifs is 1. The zero-order chi connectivity index (χ0) is 14.3. The first-order chi connectivity index (χ1) is 9.52. The van der Waals surface area contributed by atoms with Gasteiger partial charge >= 0.3 is 5.97 Å². The van der Waals surface area contributed by atoms with Crippen molar-refractivity contribution >= 4 is 22.8 Å². The van der Waals surface area contributed by atoms with E-state index < -0.39 is 17.4 Å². The van der Waals surface area contributed by atoms with Crippen molar-refractivity contribution in [3.05, 3.63) is 36.1 Å². The van der Waals surface area contributed by atoms with E-state index in [0.29, 0.717) is 18.6 Å². The van der Waals surface area contributed by atoms with Gasteiger partial charge in [0.2, 0.25) is 5.91 Å². The summed E-state index contributed by atoms with van der Waals surface area (Å²) in [5, 5.41) is 12.6. The third kappa shape index (κ3) is 2.05. The van der Waals surface area contributed by atoms with Crippen LogP contribution in [0.15, 0.2) is 34.7 Å². The summed E-state index contributed by atoms with van der Waals surface area (Å²) >= 11 is 0. The summed E-state index contributed by atoms with van der Waals surface area (Å²) in [6.45, 7) is 1.71. The van der Waals surface area contributed by atoms with Crippen molar-refractivity contribution in [1.82, 2.24) is 5.32 Å². The first kappa shape index (κ1) is 12.7. The average Bonchev–Trinajstić information content (AvgIpc) is 3.08. The zero-order valence-electron chi connectivity index (χ0n) is 11.1. The standard InChI is InChI=1S/C15H15NO4/c1-9(13(17)16-15(6-7-15)14(18)19)12-8-10-4-2-3-5-11(10)20-12/h2-5,8-9H,6-7H2,1H3,(H,16,17)(H,18,19). The Labute approximate surface area is 115 Å². The molecule has 0 bridgehead atoms. The molecule has 5 nitrogen and oxygen atoms in total. The first-order valence-corrected chi connectivity index (χ1v) is 6.56. The number of carboxylic acids is 1. The summed E-state index contributed by atoms with van der Waals surface area (Å²) in [6, 6.07) is 9.33. The van der Waals surface area contributed by atoms with E-state index in [2.05, 4.69) is 5.32 Å². The Bertz CT molecular complexity index is 651. The van der Waals surface area contributed by atoms with Crippen molar-refractivity contribution in [1.29, 1.82) is 0 Å². The molecule has 1 saturated carbocycles. The van der Waals surface area contributed by atoms with Crippen molar-refractivity contribution in [2.45, 2.75) is 31.2 Å². The van der Waals surface area contributed by atoms with Crippen molar-refractivity contribution in [2.75, 3.05) is 0 Å². The van der Waals surface area contributed by atoms with E-state index in [0.717, 1.165) is 11.0 Å². The Balaban J connectivity index is 1.79. The highest BCUT2D eigenvalue weighted by molar-refractivity contribution is 5.92. The summed E-state index contributed by atoms with van der Waals surface area (Å²) in [5.41, 5.74) is -0.335. The second-order valence-corrected chi connectivity index (χ2v) is 5.28. The molecular weight excluding hydrogens is 258 g/mol. The second-order valence-electron chi connectivity index (χ2n) is 5.28. The summed E-state index contributed by atoms with van der Waals surface area (Å²) in [5.74, 6) is -1.25. The second kappa shape index (κ2) is 4.37. The quantitative estimate of drug-likeness (QED) is 0.895. The first-order valence-electron chi connectivity index (χ1n) is 6.56. The molecule has 1 aliphatic rings. The zero-order valence-corrected chi connectivity index (χ0v) is 11.1. The molecule has 0 radical (unpaired) electrons. The van der Waals surface area contributed by atoms with Gasteiger partial charge in [0.1, 0.15) is 16.9 Å². The van der Waals surface area contributed by atoms with Gasteiger partial charge in [-0.25, -0.2) is 4.79 Å². The number of carbonyl (C=O) groups is 2. The van der Waals surface area contributed by atoms with Gasteiger partial charge in [-0.2, -0.15) is 0 Å². The van der Waals surface area contributed by atoms with Crippen LogP contribution in [0, 0.1) is 0 Å². The van der Waals surface area contributed by atoms with Gasteiger partial charge in [0.05, 0.1) is 5.92 Å². The van der Waals surface area contributed by atoms with Crippen molar-refractivity contribution < 1.29 is 19.1 Å². The normalized spacial score (nSPS) is 17.6. The van der Waals surface area contributed by atoms with Crippen molar-refractivity contribution in [3.63, 3.8) is 0 Å². The van der Waals surface area contributed by atoms with E-state index in [9.17, 15) is 9.59 Å². The molecule has 20 heavy (non-hydrogen) atoms. The molecule has 0 spiro atoms. The number of benzene rings is 1. The minimum absolute atomic E-state index is 0.316. The van der Waals surface area contributed by atoms with Crippen LogP contribution in [-0.4, -0.2) is 22.5 Å². The van der Waals surface area contributed by atoms with Gasteiger partial charge in [0.25, 0.3) is 0 Å². The number of hydrogen-bond donors (Lipinski definition) is 2. The van der Waals surface area contributed by atoms with Gasteiger partial charge < -0.3 is 14.8 Å². The fraction of sp³-hybridized carbons (Fsp3) is 0.333. The van der Waals surface area contributed by atoms with Gasteiger partial charge in [0.15, 0.2) is 0 Å². The lowest BCUT2D eigenvalue weighted by atomic mass is 10.1. The van der Waals surface area contributed by atoms with E-state index in [-0.39, 0.29) is 5.91 Å². The number of aliphatic carboxylic acids is 1. The van der Waals surface area contributed by atoms with E-state index in [1.54, 1.807) is 6.92 Å². The molecule has 1 atom stereocenters. The molecule has 1 unspecified atom stereocenters. The Morgan fingerprint density at radius 3 is 2.65 bits per heavy atom. The number of carbonyl (C=O) groups excluding carboxylic acids is 1. The van der Waals surface area contributed by atoms with Gasteiger partial charge in [0, 0.05) is 5.39 Å². The number of rotatable bonds is 4. The third-order valence-corrected chi connectivity index (χ3v) is 3.79. The molecule has 1 heterocycles. The minimum atomic E-state index is -1.06. The summed E-state index contributed by atoms with van der Waals surface area (Å²) in [6.07, 6.45) is 0.974. The molecule has 1 aromatic heterocycles. The number of amides is 1. The van der Waals surface area contributed by atoms with Crippen molar-refractivity contribution in [3.8, 4) is 0 Å². The topological polar surface area (TPSA) is 79.5 Å². The van der Waals surface area contributed by atoms with Crippen LogP contribution >= 0.6 is 0 Å². The highest BCUT2D eigenvalue weighted by Crippen LogP contribution is 2.36. The van der Waals surface area contributed by atoms with Crippen LogP contribution in [0.4, 0.5) is 0 Å². The molecule has 3 rings (SSSR count). The van der Waals surface area contributed by atoms with Gasteiger partial charge in [-0.3, -0.25) is 4.79 Å². The maximum atomic E-state index is 12.1. The molecule has 104 valence electrons. The Kier molecular flexibility index (Phi) is 2.78. The van der Waals surface area contributed by atoms with Crippen LogP contribution in [-0.2, 0) is 9.59 Å². The lowest BCUT2D eigenvalue weighted by Crippen LogP contribution is -2.44. The largest absolute Gasteiger partial charge is 0.480 e. The summed E-state index contributed by atoms with van der Waals surface area (Å²) in [7, 11) is 0. The summed E-state index contributed by atoms with van der Waals surface area (Å²) in [4.78, 5) is 23.2. The number of hydrogen-bond acceptors (Lipinski definition) is 3. The third-order valence-electron chi connectivity index (χ3n) is 3.79. The molecule has 1 fully saturated rings. The monoisotopic (exact) mass is 273 g/mol. The highest BCUT2D eigenvalue weighted by Gasteiger charge is 2.52. The number of para-hydroxylation sites is 1. The van der Waals surface area contributed by atoms with Gasteiger partial charge in [-0.15, -0.1) is 0 Å². The van der Waals surface area contributed by atoms with Crippen LogP contribution < -0.4 is 5.32 Å². The molecular formula is C15H15NO4. The van der Waals surface area contributed by atoms with Crippen LogP contribution in [0.2, 0.25) is 0 Å². The van der Waals surface area contributed by atoms with E-state index in [1.165, 1.54) is 0 Å². The van der Waals surface area contributed by atoms with Crippen LogP contribution in [0.5, 0.6) is 0 Å². The Morgan fingerprint density at radius 2 is 2.05 bits per heavy atom. The van der Waals surface area contributed by atoms with Crippen LogP contribution in [0.3, 0.4) is 0 Å². The molecule has 5 heteroatoms. The fourth-order valence-corrected chi connectivity index (χ4v) is 2.21. The minimum Gasteiger partial charge on any atom is -0.480 e. The lowest BCUT2D eigenvalue weighted by Gasteiger charge is -2.15. The highest BCUT2D eigenvalue weighted by atomic mass is 16.4. The maximum absolute atomic E-state index is 12.1. The smallest absolute Gasteiger partial charge is 0.329 e. The van der Waals surface area contributed by atoms with Crippen molar-refractivity contribution in [2.24, 2.45) is 0 Å². The average molecular weight is 273 g/mol. The maximum Gasteiger partial charge on any atom is 0.329 e. The Hall–Kier alpha value is -2.30. The molecule has 2 aromatic rings.